The molecule has 8 nitrogen and oxygen atoms in total. The SMILES string of the molecule is COc1cc(CCNC(=O)CCCN)c([N+](=O)[O-])cc1OC.Cl. The van der Waals surface area contributed by atoms with E-state index >= 15 is 0 Å². The van der Waals surface area contributed by atoms with Crippen molar-refractivity contribution in [3.05, 3.63) is 27.8 Å². The highest BCUT2D eigenvalue weighted by Gasteiger charge is 2.19. The number of halogens is 1. The molecule has 1 aromatic carbocycles. The maximum atomic E-state index is 11.5. The van der Waals surface area contributed by atoms with Crippen LogP contribution in [0.3, 0.4) is 0 Å². The fourth-order valence-electron chi connectivity index (χ4n) is 1.97. The van der Waals surface area contributed by atoms with Crippen molar-refractivity contribution in [2.24, 2.45) is 5.73 Å². The van der Waals surface area contributed by atoms with Crippen LogP contribution in [0.25, 0.3) is 0 Å². The number of hydrogen-bond acceptors (Lipinski definition) is 6. The molecule has 1 aromatic rings. The van der Waals surface area contributed by atoms with Crippen molar-refractivity contribution in [1.29, 1.82) is 0 Å². The maximum absolute atomic E-state index is 11.5. The van der Waals surface area contributed by atoms with Gasteiger partial charge in [0.25, 0.3) is 5.69 Å². The topological polar surface area (TPSA) is 117 Å². The van der Waals surface area contributed by atoms with Crippen molar-refractivity contribution >= 4 is 24.0 Å². The summed E-state index contributed by atoms with van der Waals surface area (Å²) >= 11 is 0. The number of nitrogens with zero attached hydrogens (tertiary/aromatic N) is 1. The Morgan fingerprint density at radius 1 is 1.30 bits per heavy atom. The summed E-state index contributed by atoms with van der Waals surface area (Å²) in [4.78, 5) is 22.1. The quantitative estimate of drug-likeness (QED) is 0.515. The van der Waals surface area contributed by atoms with E-state index in [1.165, 1.54) is 20.3 Å². The van der Waals surface area contributed by atoms with Gasteiger partial charge in [-0.3, -0.25) is 14.9 Å². The number of hydrogen-bond donors (Lipinski definition) is 2. The number of carbonyl (C=O) groups excluding carboxylic acids is 1. The molecule has 9 heteroatoms. The molecular formula is C14H22ClN3O5. The van der Waals surface area contributed by atoms with Gasteiger partial charge in [-0.15, -0.1) is 12.4 Å². The third kappa shape index (κ3) is 6.29. The number of rotatable bonds is 9. The van der Waals surface area contributed by atoms with Crippen LogP contribution in [0.15, 0.2) is 12.1 Å². The number of ether oxygens (including phenoxy) is 2. The number of carbonyl (C=O) groups is 1. The monoisotopic (exact) mass is 347 g/mol. The van der Waals surface area contributed by atoms with Crippen LogP contribution >= 0.6 is 12.4 Å². The van der Waals surface area contributed by atoms with E-state index in [0.717, 1.165) is 0 Å². The minimum absolute atomic E-state index is 0. The number of benzene rings is 1. The molecule has 0 saturated carbocycles. The lowest BCUT2D eigenvalue weighted by Gasteiger charge is -2.11. The molecule has 0 aromatic heterocycles. The van der Waals surface area contributed by atoms with Gasteiger partial charge in [0.05, 0.1) is 25.2 Å². The molecule has 1 amide bonds. The predicted molar refractivity (Wildman–Crippen MR) is 88.5 cm³/mol. The highest BCUT2D eigenvalue weighted by Crippen LogP contribution is 2.34. The van der Waals surface area contributed by atoms with Gasteiger partial charge in [-0.25, -0.2) is 0 Å². The first-order chi connectivity index (χ1) is 10.5. The molecule has 0 fully saturated rings. The molecule has 23 heavy (non-hydrogen) atoms. The smallest absolute Gasteiger partial charge is 0.276 e. The van der Waals surface area contributed by atoms with Crippen molar-refractivity contribution in [3.8, 4) is 11.5 Å². The van der Waals surface area contributed by atoms with Crippen LogP contribution in [0.4, 0.5) is 5.69 Å². The van der Waals surface area contributed by atoms with Gasteiger partial charge in [0.15, 0.2) is 11.5 Å². The molecule has 0 saturated heterocycles. The number of nitro benzene ring substituents is 1. The number of amides is 1. The van der Waals surface area contributed by atoms with Crippen molar-refractivity contribution in [1.82, 2.24) is 5.32 Å². The van der Waals surface area contributed by atoms with E-state index in [1.54, 1.807) is 6.07 Å². The zero-order valence-electron chi connectivity index (χ0n) is 13.2. The molecule has 0 atom stereocenters. The molecule has 130 valence electrons. The molecule has 0 aliphatic rings. The average molecular weight is 348 g/mol. The molecule has 0 aliphatic carbocycles. The Balaban J connectivity index is 0.00000484. The highest BCUT2D eigenvalue weighted by molar-refractivity contribution is 5.85. The summed E-state index contributed by atoms with van der Waals surface area (Å²) in [6.07, 6.45) is 1.29. The summed E-state index contributed by atoms with van der Waals surface area (Å²) in [5.41, 5.74) is 5.74. The van der Waals surface area contributed by atoms with Crippen LogP contribution in [0.5, 0.6) is 11.5 Å². The first-order valence-electron chi connectivity index (χ1n) is 6.89. The van der Waals surface area contributed by atoms with Gasteiger partial charge in [0, 0.05) is 18.5 Å². The van der Waals surface area contributed by atoms with E-state index in [9.17, 15) is 14.9 Å². The number of nitrogens with two attached hydrogens (primary N) is 1. The van der Waals surface area contributed by atoms with Crippen LogP contribution in [-0.4, -0.2) is 38.1 Å². The summed E-state index contributed by atoms with van der Waals surface area (Å²) in [6, 6.07) is 2.88. The van der Waals surface area contributed by atoms with Crippen LogP contribution in [0.2, 0.25) is 0 Å². The van der Waals surface area contributed by atoms with Gasteiger partial charge in [-0.05, 0) is 25.5 Å². The molecule has 0 unspecified atom stereocenters. The maximum Gasteiger partial charge on any atom is 0.276 e. The predicted octanol–water partition coefficient (Wildman–Crippen LogP) is 1.43. The van der Waals surface area contributed by atoms with Gasteiger partial charge in [-0.1, -0.05) is 0 Å². The Bertz CT molecular complexity index is 539. The minimum atomic E-state index is -0.479. The average Bonchev–Trinajstić information content (AvgIpc) is 2.51. The number of methoxy groups -OCH3 is 2. The molecule has 0 bridgehead atoms. The van der Waals surface area contributed by atoms with Crippen LogP contribution in [-0.2, 0) is 11.2 Å². The Morgan fingerprint density at radius 2 is 1.91 bits per heavy atom. The largest absolute Gasteiger partial charge is 0.493 e. The molecule has 1 rings (SSSR count). The standard InChI is InChI=1S/C14H21N3O5.ClH/c1-21-12-8-10(5-7-16-14(18)4-3-6-15)11(17(19)20)9-13(12)22-2;/h8-9H,3-7,15H2,1-2H3,(H,16,18);1H. The molecule has 0 spiro atoms. The van der Waals surface area contributed by atoms with Gasteiger partial charge >= 0.3 is 0 Å². The van der Waals surface area contributed by atoms with Crippen LogP contribution in [0.1, 0.15) is 18.4 Å². The Kier molecular flexibility index (Phi) is 9.68. The summed E-state index contributed by atoms with van der Waals surface area (Å²) in [6.45, 7) is 0.758. The Labute approximate surface area is 140 Å². The lowest BCUT2D eigenvalue weighted by Crippen LogP contribution is -2.26. The van der Waals surface area contributed by atoms with Gasteiger partial charge in [0.1, 0.15) is 0 Å². The zero-order valence-corrected chi connectivity index (χ0v) is 14.0. The second-order valence-electron chi connectivity index (χ2n) is 4.59. The van der Waals surface area contributed by atoms with E-state index in [1.807, 2.05) is 0 Å². The van der Waals surface area contributed by atoms with Crippen molar-refractivity contribution in [2.75, 3.05) is 27.3 Å². The molecule has 3 N–H and O–H groups in total. The van der Waals surface area contributed by atoms with Crippen molar-refractivity contribution in [3.63, 3.8) is 0 Å². The second-order valence-corrected chi connectivity index (χ2v) is 4.59. The molecular weight excluding hydrogens is 326 g/mol. The fourth-order valence-corrected chi connectivity index (χ4v) is 1.97. The van der Waals surface area contributed by atoms with Crippen molar-refractivity contribution in [2.45, 2.75) is 19.3 Å². The summed E-state index contributed by atoms with van der Waals surface area (Å²) in [5, 5.41) is 13.8. The lowest BCUT2D eigenvalue weighted by atomic mass is 10.1. The molecule has 0 aliphatic heterocycles. The highest BCUT2D eigenvalue weighted by atomic mass is 35.5. The van der Waals surface area contributed by atoms with E-state index in [0.29, 0.717) is 49.4 Å². The third-order valence-corrected chi connectivity index (χ3v) is 3.11. The normalized spacial score (nSPS) is 9.70. The number of nitro groups is 1. The van der Waals surface area contributed by atoms with Crippen molar-refractivity contribution < 1.29 is 19.2 Å². The van der Waals surface area contributed by atoms with E-state index in [4.69, 9.17) is 15.2 Å². The first-order valence-corrected chi connectivity index (χ1v) is 6.89. The Hall–Kier alpha value is -2.06. The summed E-state index contributed by atoms with van der Waals surface area (Å²) < 4.78 is 10.2. The van der Waals surface area contributed by atoms with Gasteiger partial charge in [-0.2, -0.15) is 0 Å². The Morgan fingerprint density at radius 3 is 2.43 bits per heavy atom. The minimum Gasteiger partial charge on any atom is -0.493 e. The molecule has 0 heterocycles. The van der Waals surface area contributed by atoms with E-state index in [-0.39, 0.29) is 24.0 Å². The fraction of sp³-hybridized carbons (Fsp3) is 0.500. The summed E-state index contributed by atoms with van der Waals surface area (Å²) in [7, 11) is 2.88. The third-order valence-electron chi connectivity index (χ3n) is 3.11. The van der Waals surface area contributed by atoms with E-state index < -0.39 is 4.92 Å². The molecule has 0 radical (unpaired) electrons. The zero-order chi connectivity index (χ0) is 16.5. The summed E-state index contributed by atoms with van der Waals surface area (Å²) in [5.74, 6) is 0.594. The number of nitrogens with one attached hydrogen (secondary N) is 1. The first kappa shape index (κ1) is 20.9. The van der Waals surface area contributed by atoms with E-state index in [2.05, 4.69) is 5.32 Å². The second kappa shape index (κ2) is 10.6. The van der Waals surface area contributed by atoms with Crippen LogP contribution < -0.4 is 20.5 Å². The van der Waals surface area contributed by atoms with Gasteiger partial charge in [0.2, 0.25) is 5.91 Å². The van der Waals surface area contributed by atoms with Gasteiger partial charge < -0.3 is 20.5 Å². The lowest BCUT2D eigenvalue weighted by molar-refractivity contribution is -0.385. The van der Waals surface area contributed by atoms with Crippen LogP contribution in [0, 0.1) is 10.1 Å².